The van der Waals surface area contributed by atoms with E-state index < -0.39 is 0 Å². The molecule has 0 rings (SSSR count). The van der Waals surface area contributed by atoms with Gasteiger partial charge in [-0.05, 0) is 0 Å². The van der Waals surface area contributed by atoms with Crippen molar-refractivity contribution in [1.82, 2.24) is 0 Å². The second-order valence-electron chi connectivity index (χ2n) is 0.118. The average Bonchev–Trinajstić information content (AvgIpc) is 1.46. The van der Waals surface area contributed by atoms with Crippen LogP contribution in [0.15, 0.2) is 0 Å². The Morgan fingerprint density at radius 3 is 1.80 bits per heavy atom. The van der Waals surface area contributed by atoms with E-state index in [1.54, 1.807) is 0 Å². The number of rotatable bonds is 0. The SMILES string of the molecule is [C-]#N.[NH2+]=C=S. The van der Waals surface area contributed by atoms with Gasteiger partial charge in [-0.15, -0.1) is 0 Å². The van der Waals surface area contributed by atoms with Crippen LogP contribution in [0.25, 0.3) is 0 Å². The highest BCUT2D eigenvalue weighted by Crippen LogP contribution is 1.07. The van der Waals surface area contributed by atoms with Crippen LogP contribution in [-0.4, -0.2) is 5.16 Å². The molecule has 0 aliphatic carbocycles. The number of hydrogen-bond acceptors (Lipinski definition) is 2. The Morgan fingerprint density at radius 2 is 1.80 bits per heavy atom. The summed E-state index contributed by atoms with van der Waals surface area (Å²) in [6.07, 6.45) is 0. The Bertz CT molecular complexity index is 49.9. The summed E-state index contributed by atoms with van der Waals surface area (Å²) in [4.78, 5) is 0. The molecule has 0 aliphatic rings. The van der Waals surface area contributed by atoms with Gasteiger partial charge < -0.3 is 11.8 Å². The smallest absolute Gasteiger partial charge is 0.245 e. The van der Waals surface area contributed by atoms with Crippen molar-refractivity contribution < 1.29 is 5.41 Å². The fourth-order valence-corrected chi connectivity index (χ4v) is 0. The number of nitrogens with two attached hydrogens (primary N) is 1. The van der Waals surface area contributed by atoms with E-state index >= 15 is 0 Å². The summed E-state index contributed by atoms with van der Waals surface area (Å²) >= 11 is 3.92. The van der Waals surface area contributed by atoms with E-state index in [1.165, 1.54) is 0 Å². The molecular weight excluding hydrogens is 84.1 g/mol. The van der Waals surface area contributed by atoms with E-state index in [0.717, 1.165) is 0 Å². The molecule has 0 aromatic carbocycles. The van der Waals surface area contributed by atoms with Gasteiger partial charge in [0.2, 0.25) is 5.16 Å². The summed E-state index contributed by atoms with van der Waals surface area (Å²) in [5.74, 6) is 0. The molecule has 0 heterocycles. The number of isothiocyanates is 1. The maximum Gasteiger partial charge on any atom is 0.245 e. The molecule has 0 aliphatic heterocycles. The second kappa shape index (κ2) is 205. The monoisotopic (exact) mass is 86.0 g/mol. The molecule has 0 bridgehead atoms. The zero-order valence-electron chi connectivity index (χ0n) is 2.43. The van der Waals surface area contributed by atoms with Crippen LogP contribution in [0.2, 0.25) is 0 Å². The van der Waals surface area contributed by atoms with Gasteiger partial charge in [0.05, 0.1) is 0 Å². The summed E-state index contributed by atoms with van der Waals surface area (Å²) in [5, 5.41) is 12.5. The van der Waals surface area contributed by atoms with E-state index in [2.05, 4.69) is 17.6 Å². The first-order valence-electron chi connectivity index (χ1n) is 0.716. The molecule has 0 aromatic heterocycles. The largest absolute Gasteiger partial charge is 0.512 e. The van der Waals surface area contributed by atoms with Gasteiger partial charge in [0.1, 0.15) is 0 Å². The lowest BCUT2D eigenvalue weighted by Crippen LogP contribution is -2.23. The first kappa shape index (κ1) is 8.85. The van der Waals surface area contributed by atoms with Gasteiger partial charge in [-0.25, -0.2) is 5.41 Å². The molecule has 3 heteroatoms. The molecule has 0 radical (unpaired) electrons. The third-order valence-electron chi connectivity index (χ3n) is 0. The van der Waals surface area contributed by atoms with Crippen molar-refractivity contribution in [2.45, 2.75) is 0 Å². The molecule has 0 fully saturated rings. The maximum atomic E-state index is 6.25. The molecule has 2 nitrogen and oxygen atoms in total. The van der Waals surface area contributed by atoms with Gasteiger partial charge >= 0.3 is 0 Å². The van der Waals surface area contributed by atoms with Crippen molar-refractivity contribution in [2.24, 2.45) is 0 Å². The van der Waals surface area contributed by atoms with E-state index in [9.17, 15) is 0 Å². The summed E-state index contributed by atoms with van der Waals surface area (Å²) in [7, 11) is 0. The van der Waals surface area contributed by atoms with Gasteiger partial charge in [0, 0.05) is 12.2 Å². The summed E-state index contributed by atoms with van der Waals surface area (Å²) in [5.41, 5.74) is 0. The van der Waals surface area contributed by atoms with E-state index in [-0.39, 0.29) is 0 Å². The lowest BCUT2D eigenvalue weighted by Gasteiger charge is -1.08. The predicted molar refractivity (Wildman–Crippen MR) is 19.5 cm³/mol. The highest BCUT2D eigenvalue weighted by Gasteiger charge is 1.10. The fourth-order valence-electron chi connectivity index (χ4n) is 0. The quantitative estimate of drug-likeness (QED) is 0.232. The molecule has 26 valence electrons. The van der Waals surface area contributed by atoms with E-state index in [0.29, 0.717) is 0 Å². The molecule has 0 spiro atoms. The number of hydrogen-bond donors (Lipinski definition) is 1. The zero-order valence-corrected chi connectivity index (χ0v) is 3.25. The summed E-state index contributed by atoms with van der Waals surface area (Å²) in [6, 6.07) is 0. The molecule has 0 saturated heterocycles. The molecule has 0 saturated carbocycles. The third kappa shape index (κ3) is 10.9. The van der Waals surface area contributed by atoms with Crippen molar-refractivity contribution in [1.29, 1.82) is 5.26 Å². The second-order valence-corrected chi connectivity index (χ2v) is 0.354. The van der Waals surface area contributed by atoms with E-state index in [1.807, 2.05) is 5.16 Å². The van der Waals surface area contributed by atoms with Crippen LogP contribution in [0.3, 0.4) is 0 Å². The van der Waals surface area contributed by atoms with Crippen LogP contribution in [0, 0.1) is 11.8 Å². The molecule has 0 aromatic rings. The normalized spacial score (nSPS) is 2.00. The summed E-state index contributed by atoms with van der Waals surface area (Å²) < 4.78 is 0. The lowest BCUT2D eigenvalue weighted by atomic mass is 11.8. The van der Waals surface area contributed by atoms with Gasteiger partial charge in [-0.1, -0.05) is 0 Å². The Balaban J connectivity index is 0. The standard InChI is InChI=1S/CHNS.CN/c2-1-3;1-2/h2H;/q;-1/p+1. The van der Waals surface area contributed by atoms with Gasteiger partial charge in [0.25, 0.3) is 0 Å². The Labute approximate surface area is 35.5 Å². The molecular formula is C2H2N2S. The van der Waals surface area contributed by atoms with Crippen LogP contribution in [0.5, 0.6) is 0 Å². The van der Waals surface area contributed by atoms with Gasteiger partial charge in [-0.3, -0.25) is 0 Å². The molecule has 2 N–H and O–H groups in total. The number of thiocarbonyl (C=S) groups is 1. The average molecular weight is 86.1 g/mol. The van der Waals surface area contributed by atoms with Crippen LogP contribution in [0.4, 0.5) is 0 Å². The van der Waals surface area contributed by atoms with Crippen LogP contribution in [0.1, 0.15) is 0 Å². The maximum absolute atomic E-state index is 6.25. The van der Waals surface area contributed by atoms with Crippen LogP contribution in [-0.2, 0) is 0 Å². The molecule has 0 amide bonds. The van der Waals surface area contributed by atoms with Gasteiger partial charge in [-0.2, -0.15) is 0 Å². The minimum atomic E-state index is 1.83. The Morgan fingerprint density at radius 1 is 1.80 bits per heavy atom. The Kier molecular flexibility index (Phi) is 363. The summed E-state index contributed by atoms with van der Waals surface area (Å²) in [6.45, 7) is 4.75. The molecule has 5 heavy (non-hydrogen) atoms. The van der Waals surface area contributed by atoms with Crippen molar-refractivity contribution in [3.05, 3.63) is 6.57 Å². The lowest BCUT2D eigenvalue weighted by molar-refractivity contribution is -0.0992. The minimum Gasteiger partial charge on any atom is -0.512 e. The van der Waals surface area contributed by atoms with Crippen molar-refractivity contribution >= 4 is 17.4 Å². The number of nitrogens with zero attached hydrogens (tertiary/aromatic N) is 1. The molecule has 0 atom stereocenters. The minimum absolute atomic E-state index is 1.83. The predicted octanol–water partition coefficient (Wildman–Crippen LogP) is -1.06. The highest BCUT2D eigenvalue weighted by molar-refractivity contribution is 7.78. The van der Waals surface area contributed by atoms with Crippen molar-refractivity contribution in [3.8, 4) is 0 Å². The highest BCUT2D eigenvalue weighted by atomic mass is 32.1. The van der Waals surface area contributed by atoms with Crippen LogP contribution < -0.4 is 5.41 Å². The van der Waals surface area contributed by atoms with Crippen LogP contribution >= 0.6 is 12.2 Å². The third-order valence-corrected chi connectivity index (χ3v) is 0. The van der Waals surface area contributed by atoms with Crippen molar-refractivity contribution in [2.75, 3.05) is 0 Å². The zero-order chi connectivity index (χ0) is 4.71. The topological polar surface area (TPSA) is 49.4 Å². The first-order valence-corrected chi connectivity index (χ1v) is 1.12. The van der Waals surface area contributed by atoms with Crippen molar-refractivity contribution in [3.63, 3.8) is 0 Å². The molecule has 0 unspecified atom stereocenters. The van der Waals surface area contributed by atoms with E-state index in [4.69, 9.17) is 11.8 Å². The first-order chi connectivity index (χ1) is 2.41. The van der Waals surface area contributed by atoms with Gasteiger partial charge in [0.15, 0.2) is 0 Å². The fraction of sp³-hybridized carbons (Fsp3) is 0. The Hall–Kier alpha value is -0.710.